The summed E-state index contributed by atoms with van der Waals surface area (Å²) in [4.78, 5) is 25.9. The summed E-state index contributed by atoms with van der Waals surface area (Å²) in [6.07, 6.45) is 1.12. The van der Waals surface area contributed by atoms with Crippen molar-refractivity contribution in [2.45, 2.75) is 44.2 Å². The molecule has 1 atom stereocenters. The van der Waals surface area contributed by atoms with Crippen molar-refractivity contribution < 1.29 is 28.2 Å². The Kier molecular flexibility index (Phi) is 6.57. The predicted octanol–water partition coefficient (Wildman–Crippen LogP) is 4.23. The average molecular weight is 470 g/mol. The fraction of sp³-hybridized carbons (Fsp3) is 0.545. The first-order valence-electron chi connectivity index (χ1n) is 10.8. The van der Waals surface area contributed by atoms with Gasteiger partial charge in [0, 0.05) is 44.1 Å². The molecule has 2 N–H and O–H groups in total. The van der Waals surface area contributed by atoms with Crippen LogP contribution < -0.4 is 5.32 Å². The molecule has 1 unspecified atom stereocenters. The number of carbonyl (C=O) groups excluding carboxylic acids is 1. The zero-order chi connectivity index (χ0) is 22.9. The number of nitrogens with one attached hydrogen (secondary N) is 1. The van der Waals surface area contributed by atoms with E-state index >= 15 is 0 Å². The van der Waals surface area contributed by atoms with Crippen molar-refractivity contribution in [3.05, 3.63) is 35.0 Å². The molecule has 1 aliphatic carbocycles. The lowest BCUT2D eigenvalue weighted by Crippen LogP contribution is -2.50. The molecule has 2 heterocycles. The van der Waals surface area contributed by atoms with Crippen LogP contribution in [0, 0.1) is 5.92 Å². The monoisotopic (exact) mass is 469 g/mol. The van der Waals surface area contributed by atoms with Crippen LogP contribution in [0.5, 0.6) is 0 Å². The number of fused-ring (bicyclic) bond motifs is 1. The summed E-state index contributed by atoms with van der Waals surface area (Å²) in [7, 11) is 0. The van der Waals surface area contributed by atoms with Crippen molar-refractivity contribution in [1.82, 2.24) is 14.8 Å². The Morgan fingerprint density at radius 2 is 2.03 bits per heavy atom. The highest BCUT2D eigenvalue weighted by atomic mass is 35.5. The van der Waals surface area contributed by atoms with Gasteiger partial charge in [-0.1, -0.05) is 17.7 Å². The summed E-state index contributed by atoms with van der Waals surface area (Å²) < 4.78 is 34.1. The molecule has 1 saturated carbocycles. The van der Waals surface area contributed by atoms with Crippen molar-refractivity contribution in [2.75, 3.05) is 26.3 Å². The Morgan fingerprint density at radius 1 is 1.28 bits per heavy atom. The van der Waals surface area contributed by atoms with Crippen LogP contribution in [0.2, 0.25) is 5.02 Å². The van der Waals surface area contributed by atoms with Gasteiger partial charge in [-0.25, -0.2) is 13.6 Å². The third-order valence-electron chi connectivity index (χ3n) is 6.37. The maximum absolute atomic E-state index is 13.4. The Balaban J connectivity index is 1.53. The van der Waals surface area contributed by atoms with Gasteiger partial charge in [0.15, 0.2) is 0 Å². The first-order valence-corrected chi connectivity index (χ1v) is 11.1. The van der Waals surface area contributed by atoms with Crippen LogP contribution in [0.15, 0.2) is 24.4 Å². The van der Waals surface area contributed by atoms with Crippen molar-refractivity contribution >= 4 is 34.5 Å². The summed E-state index contributed by atoms with van der Waals surface area (Å²) in [5.41, 5.74) is 1.10. The molecule has 2 aliphatic rings. The van der Waals surface area contributed by atoms with E-state index in [9.17, 15) is 23.5 Å². The Hall–Kier alpha value is -2.39. The minimum Gasteiger partial charge on any atom is -0.465 e. The number of rotatable bonds is 5. The van der Waals surface area contributed by atoms with E-state index in [4.69, 9.17) is 16.3 Å². The molecule has 1 aliphatic heterocycles. The molecule has 10 heteroatoms. The largest absolute Gasteiger partial charge is 0.465 e. The summed E-state index contributed by atoms with van der Waals surface area (Å²) >= 11 is 6.42. The minimum atomic E-state index is -2.60. The zero-order valence-electron chi connectivity index (χ0n) is 17.5. The topological polar surface area (TPSA) is 83.8 Å². The maximum Gasteiger partial charge on any atom is 0.407 e. The van der Waals surface area contributed by atoms with Crippen molar-refractivity contribution in [3.8, 4) is 0 Å². The first kappa shape index (κ1) is 22.8. The molecule has 2 aromatic rings. The van der Waals surface area contributed by atoms with Crippen LogP contribution in [-0.2, 0) is 11.3 Å². The van der Waals surface area contributed by atoms with Gasteiger partial charge in [0.25, 0.3) is 5.91 Å². The van der Waals surface area contributed by atoms with E-state index in [0.29, 0.717) is 48.5 Å². The molecule has 4 rings (SSSR count). The summed E-state index contributed by atoms with van der Waals surface area (Å²) in [5, 5.41) is 13.4. The molecule has 2 amide bonds. The molecule has 2 fully saturated rings. The van der Waals surface area contributed by atoms with Crippen LogP contribution >= 0.6 is 11.6 Å². The van der Waals surface area contributed by atoms with E-state index < -0.39 is 18.1 Å². The van der Waals surface area contributed by atoms with Crippen LogP contribution in [0.1, 0.15) is 36.0 Å². The lowest BCUT2D eigenvalue weighted by atomic mass is 9.87. The van der Waals surface area contributed by atoms with Gasteiger partial charge in [-0.2, -0.15) is 0 Å². The van der Waals surface area contributed by atoms with Gasteiger partial charge in [-0.15, -0.1) is 0 Å². The van der Waals surface area contributed by atoms with Crippen LogP contribution in [0.4, 0.5) is 13.6 Å². The summed E-state index contributed by atoms with van der Waals surface area (Å²) in [6.45, 7) is 1.54. The molecular weight excluding hydrogens is 444 g/mol. The number of morpholine rings is 1. The number of halogens is 3. The number of carboxylic acid groups (broad SMARTS) is 1. The Bertz CT molecular complexity index is 1000. The quantitative estimate of drug-likeness (QED) is 0.686. The van der Waals surface area contributed by atoms with Crippen molar-refractivity contribution in [1.29, 1.82) is 0 Å². The highest BCUT2D eigenvalue weighted by Gasteiger charge is 2.35. The standard InChI is InChI=1S/C22H26ClF2N3O4/c23-17-2-1-3-18-19(17)16(20(29)26-10-14-4-6-22(24,25)7-5-14)12-27(18)11-15-13-32-9-8-28(15)21(30)31/h1-3,12,14-15H,4-11,13H2,(H,26,29)(H,30,31). The van der Waals surface area contributed by atoms with E-state index in [1.807, 2.05) is 10.6 Å². The van der Waals surface area contributed by atoms with Gasteiger partial charge >= 0.3 is 6.09 Å². The van der Waals surface area contributed by atoms with Gasteiger partial charge in [0.2, 0.25) is 5.92 Å². The van der Waals surface area contributed by atoms with Crippen molar-refractivity contribution in [3.63, 3.8) is 0 Å². The van der Waals surface area contributed by atoms with Gasteiger partial charge < -0.3 is 19.7 Å². The SMILES string of the molecule is O=C(NCC1CCC(F)(F)CC1)c1cn(CC2COCCN2C(=O)O)c2cccc(Cl)c12. The second kappa shape index (κ2) is 9.23. The Morgan fingerprint density at radius 3 is 2.75 bits per heavy atom. The van der Waals surface area contributed by atoms with E-state index in [1.165, 1.54) is 4.90 Å². The van der Waals surface area contributed by atoms with E-state index in [2.05, 4.69) is 5.32 Å². The normalized spacial score (nSPS) is 21.6. The van der Waals surface area contributed by atoms with Gasteiger partial charge in [-0.05, 0) is 30.9 Å². The van der Waals surface area contributed by atoms with Gasteiger partial charge in [0.1, 0.15) is 0 Å². The molecule has 0 spiro atoms. The molecular formula is C22H26ClF2N3O4. The lowest BCUT2D eigenvalue weighted by Gasteiger charge is -2.33. The van der Waals surface area contributed by atoms with Crippen molar-refractivity contribution in [2.24, 2.45) is 5.92 Å². The van der Waals surface area contributed by atoms with Gasteiger partial charge in [-0.3, -0.25) is 9.69 Å². The average Bonchev–Trinajstić information content (AvgIpc) is 3.13. The molecule has 1 aromatic carbocycles. The van der Waals surface area contributed by atoms with Crippen LogP contribution in [-0.4, -0.2) is 64.8 Å². The fourth-order valence-corrected chi connectivity index (χ4v) is 4.82. The number of hydrogen-bond donors (Lipinski definition) is 2. The number of alkyl halides is 2. The second-order valence-electron chi connectivity index (χ2n) is 8.54. The van der Waals surface area contributed by atoms with Gasteiger partial charge in [0.05, 0.1) is 35.4 Å². The maximum atomic E-state index is 13.4. The molecule has 32 heavy (non-hydrogen) atoms. The zero-order valence-corrected chi connectivity index (χ0v) is 18.3. The molecule has 7 nitrogen and oxygen atoms in total. The lowest BCUT2D eigenvalue weighted by molar-refractivity contribution is -0.0452. The van der Waals surface area contributed by atoms with E-state index in [0.717, 1.165) is 5.52 Å². The number of benzene rings is 1. The third-order valence-corrected chi connectivity index (χ3v) is 6.68. The number of ether oxygens (including phenoxy) is 1. The smallest absolute Gasteiger partial charge is 0.407 e. The molecule has 0 radical (unpaired) electrons. The molecule has 1 saturated heterocycles. The highest BCUT2D eigenvalue weighted by molar-refractivity contribution is 6.36. The number of nitrogens with zero attached hydrogens (tertiary/aromatic N) is 2. The number of carbonyl (C=O) groups is 2. The summed E-state index contributed by atoms with van der Waals surface area (Å²) in [6, 6.07) is 4.91. The number of aromatic nitrogens is 1. The summed E-state index contributed by atoms with van der Waals surface area (Å²) in [5.74, 6) is -2.91. The number of amides is 2. The number of hydrogen-bond acceptors (Lipinski definition) is 3. The highest BCUT2D eigenvalue weighted by Crippen LogP contribution is 2.36. The second-order valence-corrected chi connectivity index (χ2v) is 8.95. The predicted molar refractivity (Wildman–Crippen MR) is 116 cm³/mol. The van der Waals surface area contributed by atoms with E-state index in [-0.39, 0.29) is 37.8 Å². The minimum absolute atomic E-state index is 0.0194. The van der Waals surface area contributed by atoms with Crippen LogP contribution in [0.25, 0.3) is 10.9 Å². The Labute approximate surface area is 189 Å². The first-order chi connectivity index (χ1) is 15.2. The molecule has 1 aromatic heterocycles. The molecule has 0 bridgehead atoms. The fourth-order valence-electron chi connectivity index (χ4n) is 4.55. The van der Waals surface area contributed by atoms with E-state index in [1.54, 1.807) is 18.3 Å². The third kappa shape index (κ3) is 4.83. The molecule has 174 valence electrons. The van der Waals surface area contributed by atoms with Crippen LogP contribution in [0.3, 0.4) is 0 Å².